The number of sulfone groups is 1. The maximum Gasteiger partial charge on any atom is 0.217 e. The van der Waals surface area contributed by atoms with E-state index >= 15 is 0 Å². The standard InChI is InChI=1S/C11H21N3O4S3/c12-11(19)9-13-3-5-14(6-4-13)21(17,18)10-1-7-20(15,16)8-2-10/h10H,1-9H2,(H2,12,19). The van der Waals surface area contributed by atoms with Gasteiger partial charge in [0, 0.05) is 32.7 Å². The summed E-state index contributed by atoms with van der Waals surface area (Å²) in [6.07, 6.45) is 0.412. The predicted molar refractivity (Wildman–Crippen MR) is 85.4 cm³/mol. The summed E-state index contributed by atoms with van der Waals surface area (Å²) in [6.45, 7) is 2.52. The molecule has 0 aromatic heterocycles. The molecule has 7 nitrogen and oxygen atoms in total. The van der Waals surface area contributed by atoms with Gasteiger partial charge in [-0.15, -0.1) is 0 Å². The van der Waals surface area contributed by atoms with E-state index in [-0.39, 0.29) is 24.3 Å². The number of nitrogens with two attached hydrogens (primary N) is 1. The van der Waals surface area contributed by atoms with Gasteiger partial charge >= 0.3 is 0 Å². The molecular formula is C11H21N3O4S3. The van der Waals surface area contributed by atoms with Crippen LogP contribution in [0.15, 0.2) is 0 Å². The first kappa shape index (κ1) is 17.1. The van der Waals surface area contributed by atoms with Crippen molar-refractivity contribution in [2.45, 2.75) is 18.1 Å². The summed E-state index contributed by atoms with van der Waals surface area (Å²) >= 11 is 4.85. The Morgan fingerprint density at radius 2 is 1.67 bits per heavy atom. The first-order chi connectivity index (χ1) is 9.71. The minimum atomic E-state index is -3.41. The Morgan fingerprint density at radius 1 is 1.14 bits per heavy atom. The summed E-state index contributed by atoms with van der Waals surface area (Å²) in [5, 5.41) is -0.567. The van der Waals surface area contributed by atoms with Gasteiger partial charge in [-0.2, -0.15) is 4.31 Å². The van der Waals surface area contributed by atoms with Crippen LogP contribution in [0.3, 0.4) is 0 Å². The lowest BCUT2D eigenvalue weighted by Gasteiger charge is -2.36. The second-order valence-corrected chi connectivity index (χ2v) is 10.6. The Kier molecular flexibility index (Phi) is 5.24. The molecule has 0 saturated carbocycles. The molecule has 2 aliphatic heterocycles. The van der Waals surface area contributed by atoms with E-state index in [0.29, 0.717) is 37.7 Å². The van der Waals surface area contributed by atoms with Gasteiger partial charge in [-0.1, -0.05) is 12.2 Å². The molecule has 0 aromatic rings. The van der Waals surface area contributed by atoms with Crippen molar-refractivity contribution in [3.8, 4) is 0 Å². The molecule has 0 bridgehead atoms. The highest BCUT2D eigenvalue weighted by atomic mass is 32.2. The number of hydrogen-bond donors (Lipinski definition) is 1. The molecule has 0 aromatic carbocycles. The van der Waals surface area contributed by atoms with Crippen molar-refractivity contribution in [1.82, 2.24) is 9.21 Å². The van der Waals surface area contributed by atoms with Crippen molar-refractivity contribution in [3.05, 3.63) is 0 Å². The van der Waals surface area contributed by atoms with Crippen LogP contribution in [0.5, 0.6) is 0 Å². The molecule has 0 radical (unpaired) electrons. The average Bonchev–Trinajstić information content (AvgIpc) is 2.38. The van der Waals surface area contributed by atoms with Gasteiger partial charge in [-0.3, -0.25) is 4.90 Å². The van der Waals surface area contributed by atoms with E-state index in [2.05, 4.69) is 0 Å². The molecule has 122 valence electrons. The van der Waals surface area contributed by atoms with Gasteiger partial charge < -0.3 is 5.73 Å². The molecule has 0 aliphatic carbocycles. The Bertz CT molecular complexity index is 580. The first-order valence-electron chi connectivity index (χ1n) is 6.91. The van der Waals surface area contributed by atoms with Crippen LogP contribution in [0, 0.1) is 0 Å². The Balaban J connectivity index is 1.94. The molecule has 0 unspecified atom stereocenters. The van der Waals surface area contributed by atoms with Crippen LogP contribution in [-0.2, 0) is 19.9 Å². The molecular weight excluding hydrogens is 334 g/mol. The SMILES string of the molecule is NC(=S)CN1CCN(S(=O)(=O)C2CCS(=O)(=O)CC2)CC1. The Labute approximate surface area is 131 Å². The van der Waals surface area contributed by atoms with E-state index in [0.717, 1.165) is 0 Å². The fourth-order valence-electron chi connectivity index (χ4n) is 2.74. The summed E-state index contributed by atoms with van der Waals surface area (Å²) in [7, 11) is -6.46. The molecule has 0 amide bonds. The third-order valence-electron chi connectivity index (χ3n) is 3.99. The predicted octanol–water partition coefficient (Wildman–Crippen LogP) is -1.20. The third kappa shape index (κ3) is 4.35. The lowest BCUT2D eigenvalue weighted by Crippen LogP contribution is -2.53. The third-order valence-corrected chi connectivity index (χ3v) is 8.24. The zero-order chi connectivity index (χ0) is 15.7. The van der Waals surface area contributed by atoms with Crippen molar-refractivity contribution in [3.63, 3.8) is 0 Å². The van der Waals surface area contributed by atoms with Crippen LogP contribution in [0.1, 0.15) is 12.8 Å². The highest BCUT2D eigenvalue weighted by Crippen LogP contribution is 2.23. The number of hydrogen-bond acceptors (Lipinski definition) is 6. The van der Waals surface area contributed by atoms with Crippen molar-refractivity contribution >= 4 is 37.1 Å². The summed E-state index contributed by atoms with van der Waals surface area (Å²) in [6, 6.07) is 0. The topological polar surface area (TPSA) is 101 Å². The van der Waals surface area contributed by atoms with Gasteiger partial charge in [0.1, 0.15) is 9.84 Å². The van der Waals surface area contributed by atoms with Crippen LogP contribution in [-0.4, -0.2) is 80.5 Å². The quantitative estimate of drug-likeness (QED) is 0.632. The van der Waals surface area contributed by atoms with E-state index in [4.69, 9.17) is 18.0 Å². The summed E-state index contributed by atoms with van der Waals surface area (Å²) < 4.78 is 49.4. The van der Waals surface area contributed by atoms with Crippen LogP contribution < -0.4 is 5.73 Å². The van der Waals surface area contributed by atoms with Gasteiger partial charge in [0.15, 0.2) is 0 Å². The van der Waals surface area contributed by atoms with Crippen molar-refractivity contribution < 1.29 is 16.8 Å². The highest BCUT2D eigenvalue weighted by molar-refractivity contribution is 7.92. The average molecular weight is 356 g/mol. The van der Waals surface area contributed by atoms with Crippen LogP contribution in [0.25, 0.3) is 0 Å². The molecule has 0 spiro atoms. The second kappa shape index (κ2) is 6.45. The minimum absolute atomic E-state index is 0.0295. The zero-order valence-electron chi connectivity index (χ0n) is 11.8. The zero-order valence-corrected chi connectivity index (χ0v) is 14.2. The molecule has 2 fully saturated rings. The molecule has 0 atom stereocenters. The van der Waals surface area contributed by atoms with E-state index < -0.39 is 25.1 Å². The van der Waals surface area contributed by atoms with E-state index in [1.807, 2.05) is 4.90 Å². The molecule has 2 heterocycles. The fourth-order valence-corrected chi connectivity index (χ4v) is 6.64. The van der Waals surface area contributed by atoms with Crippen molar-refractivity contribution in [1.29, 1.82) is 0 Å². The molecule has 2 rings (SSSR count). The largest absolute Gasteiger partial charge is 0.392 e. The number of sulfonamides is 1. The van der Waals surface area contributed by atoms with Crippen LogP contribution in [0.4, 0.5) is 0 Å². The highest BCUT2D eigenvalue weighted by Gasteiger charge is 2.37. The maximum absolute atomic E-state index is 12.5. The molecule has 10 heteroatoms. The smallest absolute Gasteiger partial charge is 0.217 e. The van der Waals surface area contributed by atoms with E-state index in [1.165, 1.54) is 4.31 Å². The monoisotopic (exact) mass is 355 g/mol. The molecule has 21 heavy (non-hydrogen) atoms. The fraction of sp³-hybridized carbons (Fsp3) is 0.909. The number of nitrogens with zero attached hydrogens (tertiary/aromatic N) is 2. The normalized spacial score (nSPS) is 25.7. The Morgan fingerprint density at radius 3 is 2.14 bits per heavy atom. The lowest BCUT2D eigenvalue weighted by atomic mass is 10.2. The number of thiocarbonyl (C=S) groups is 1. The second-order valence-electron chi connectivity index (χ2n) is 5.54. The summed E-state index contributed by atoms with van der Waals surface area (Å²) in [5.41, 5.74) is 5.49. The summed E-state index contributed by atoms with van der Waals surface area (Å²) in [4.78, 5) is 2.43. The van der Waals surface area contributed by atoms with Gasteiger partial charge in [0.25, 0.3) is 0 Å². The van der Waals surface area contributed by atoms with Crippen molar-refractivity contribution in [2.24, 2.45) is 5.73 Å². The molecule has 2 N–H and O–H groups in total. The van der Waals surface area contributed by atoms with Crippen LogP contribution >= 0.6 is 12.2 Å². The lowest BCUT2D eigenvalue weighted by molar-refractivity contribution is 0.208. The number of piperazine rings is 1. The van der Waals surface area contributed by atoms with Gasteiger partial charge in [-0.05, 0) is 12.8 Å². The van der Waals surface area contributed by atoms with Gasteiger partial charge in [0.05, 0.1) is 21.7 Å². The Hall–Kier alpha value is -0.290. The molecule has 2 saturated heterocycles. The van der Waals surface area contributed by atoms with Gasteiger partial charge in [0.2, 0.25) is 10.0 Å². The minimum Gasteiger partial charge on any atom is -0.392 e. The maximum atomic E-state index is 12.5. The van der Waals surface area contributed by atoms with Crippen molar-refractivity contribution in [2.75, 3.05) is 44.2 Å². The van der Waals surface area contributed by atoms with Gasteiger partial charge in [-0.25, -0.2) is 16.8 Å². The molecule has 2 aliphatic rings. The van der Waals surface area contributed by atoms with E-state index in [9.17, 15) is 16.8 Å². The summed E-state index contributed by atoms with van der Waals surface area (Å²) in [5.74, 6) is -0.0589. The first-order valence-corrected chi connectivity index (χ1v) is 10.6. The van der Waals surface area contributed by atoms with E-state index in [1.54, 1.807) is 0 Å². The van der Waals surface area contributed by atoms with Crippen LogP contribution in [0.2, 0.25) is 0 Å². The number of rotatable bonds is 4.